The van der Waals surface area contributed by atoms with Gasteiger partial charge in [-0.25, -0.2) is 4.39 Å². The van der Waals surface area contributed by atoms with Crippen molar-refractivity contribution in [3.8, 4) is 0 Å². The van der Waals surface area contributed by atoms with Crippen molar-refractivity contribution in [3.05, 3.63) is 34.6 Å². The third kappa shape index (κ3) is 3.87. The van der Waals surface area contributed by atoms with Crippen LogP contribution in [0.3, 0.4) is 0 Å². The van der Waals surface area contributed by atoms with E-state index in [9.17, 15) is 9.18 Å². The van der Waals surface area contributed by atoms with E-state index in [-0.39, 0.29) is 11.7 Å². The van der Waals surface area contributed by atoms with Gasteiger partial charge in [0.15, 0.2) is 0 Å². The number of halogens is 2. The fourth-order valence-electron chi connectivity index (χ4n) is 0.770. The zero-order valence-electron chi connectivity index (χ0n) is 7.41. The normalized spacial score (nSPS) is 14.1. The van der Waals surface area contributed by atoms with Crippen LogP contribution in [0.25, 0.3) is 0 Å². The summed E-state index contributed by atoms with van der Waals surface area (Å²) in [5.41, 5.74) is 0. The van der Waals surface area contributed by atoms with Gasteiger partial charge in [0.05, 0.1) is 10.4 Å². The molecule has 76 valence electrons. The highest BCUT2D eigenvalue weighted by Crippen LogP contribution is 2.28. The van der Waals surface area contributed by atoms with E-state index in [1.807, 2.05) is 0 Å². The van der Waals surface area contributed by atoms with Crippen LogP contribution in [0.5, 0.6) is 0 Å². The van der Waals surface area contributed by atoms with Crippen LogP contribution in [0, 0.1) is 11.7 Å². The lowest BCUT2D eigenvalue weighted by Gasteiger charge is -1.87. The topological polar surface area (TPSA) is 37.3 Å². The first kappa shape index (κ1) is 11.2. The van der Waals surface area contributed by atoms with Crippen LogP contribution in [-0.2, 0) is 4.79 Å². The Balaban J connectivity index is 0.000000146. The fraction of sp³-hybridized carbons (Fsp3) is 0.300. The number of carboxylic acids is 1. The highest BCUT2D eigenvalue weighted by atomic mass is 79.9. The van der Waals surface area contributed by atoms with Gasteiger partial charge in [0.2, 0.25) is 0 Å². The minimum absolute atomic E-state index is 0.0185. The zero-order chi connectivity index (χ0) is 10.6. The molecule has 0 amide bonds. The highest BCUT2D eigenvalue weighted by Gasteiger charge is 2.28. The molecule has 14 heavy (non-hydrogen) atoms. The molecule has 1 aromatic rings. The number of carboxylic acid groups (broad SMARTS) is 1. The quantitative estimate of drug-likeness (QED) is 0.843. The molecule has 4 heteroatoms. The lowest BCUT2D eigenvalue weighted by Crippen LogP contribution is -1.94. The number of benzene rings is 1. The van der Waals surface area contributed by atoms with Crippen LogP contribution in [0.1, 0.15) is 12.8 Å². The van der Waals surface area contributed by atoms with Crippen LogP contribution in [0.15, 0.2) is 28.7 Å². The predicted octanol–water partition coefficient (Wildman–Crippen LogP) is 3.07. The second-order valence-corrected chi connectivity index (χ2v) is 3.88. The molecule has 2 nitrogen and oxygen atoms in total. The van der Waals surface area contributed by atoms with Crippen molar-refractivity contribution in [1.82, 2.24) is 0 Å². The van der Waals surface area contributed by atoms with Crippen LogP contribution in [-0.4, -0.2) is 11.1 Å². The first-order valence-electron chi connectivity index (χ1n) is 4.24. The van der Waals surface area contributed by atoms with Gasteiger partial charge in [0.1, 0.15) is 5.82 Å². The predicted molar refractivity (Wildman–Crippen MR) is 54.5 cm³/mol. The van der Waals surface area contributed by atoms with E-state index >= 15 is 0 Å². The zero-order valence-corrected chi connectivity index (χ0v) is 9.00. The largest absolute Gasteiger partial charge is 0.481 e. The van der Waals surface area contributed by atoms with Gasteiger partial charge < -0.3 is 5.11 Å². The summed E-state index contributed by atoms with van der Waals surface area (Å²) in [5, 5.41) is 8.05. The lowest BCUT2D eigenvalue weighted by atomic mass is 10.4. The van der Waals surface area contributed by atoms with Crippen molar-refractivity contribution in [1.29, 1.82) is 0 Å². The molecule has 2 rings (SSSR count). The van der Waals surface area contributed by atoms with Crippen molar-refractivity contribution < 1.29 is 14.3 Å². The molecule has 1 aromatic carbocycles. The molecule has 0 saturated heterocycles. The Kier molecular flexibility index (Phi) is 4.07. The molecular formula is C10H10BrFO2. The number of hydrogen-bond donors (Lipinski definition) is 1. The maximum absolute atomic E-state index is 12.3. The average Bonchev–Trinajstić information content (AvgIpc) is 2.94. The number of rotatable bonds is 1. The molecule has 0 aliphatic heterocycles. The summed E-state index contributed by atoms with van der Waals surface area (Å²) >= 11 is 3.02. The Morgan fingerprint density at radius 1 is 1.43 bits per heavy atom. The van der Waals surface area contributed by atoms with E-state index in [2.05, 4.69) is 15.9 Å². The number of aliphatic carboxylic acids is 1. The van der Waals surface area contributed by atoms with E-state index in [4.69, 9.17) is 5.11 Å². The molecule has 0 aromatic heterocycles. The molecule has 1 N–H and O–H groups in total. The Morgan fingerprint density at radius 3 is 2.21 bits per heavy atom. The summed E-state index contributed by atoms with van der Waals surface area (Å²) in [4.78, 5) is 9.76. The van der Waals surface area contributed by atoms with Gasteiger partial charge in [-0.3, -0.25) is 4.79 Å². The van der Waals surface area contributed by atoms with Crippen molar-refractivity contribution in [2.75, 3.05) is 0 Å². The van der Waals surface area contributed by atoms with Gasteiger partial charge in [-0.1, -0.05) is 12.1 Å². The van der Waals surface area contributed by atoms with Gasteiger partial charge in [0, 0.05) is 0 Å². The van der Waals surface area contributed by atoms with E-state index in [1.165, 1.54) is 6.07 Å². The maximum atomic E-state index is 12.3. The molecule has 0 bridgehead atoms. The molecule has 0 unspecified atom stereocenters. The average molecular weight is 261 g/mol. The second kappa shape index (κ2) is 5.10. The highest BCUT2D eigenvalue weighted by molar-refractivity contribution is 9.10. The Morgan fingerprint density at radius 2 is 2.00 bits per heavy atom. The molecule has 0 spiro atoms. The van der Waals surface area contributed by atoms with E-state index in [1.54, 1.807) is 18.2 Å². The van der Waals surface area contributed by atoms with E-state index < -0.39 is 5.97 Å². The minimum atomic E-state index is -0.630. The summed E-state index contributed by atoms with van der Waals surface area (Å²) in [6.45, 7) is 0. The molecule has 1 aliphatic carbocycles. The van der Waals surface area contributed by atoms with Crippen LogP contribution < -0.4 is 0 Å². The minimum Gasteiger partial charge on any atom is -0.481 e. The van der Waals surface area contributed by atoms with Gasteiger partial charge in [-0.2, -0.15) is 0 Å². The van der Waals surface area contributed by atoms with E-state index in [0.717, 1.165) is 12.8 Å². The molecular weight excluding hydrogens is 251 g/mol. The lowest BCUT2D eigenvalue weighted by molar-refractivity contribution is -0.138. The van der Waals surface area contributed by atoms with Crippen molar-refractivity contribution >= 4 is 21.9 Å². The smallest absolute Gasteiger partial charge is 0.306 e. The standard InChI is InChI=1S/C6H4BrF.C4H6O2/c7-5-3-1-2-4-6(5)8;5-4(6)3-1-2-3/h1-4H;3H,1-2H2,(H,5,6). The van der Waals surface area contributed by atoms with Crippen molar-refractivity contribution in [2.45, 2.75) is 12.8 Å². The fourth-order valence-corrected chi connectivity index (χ4v) is 1.05. The van der Waals surface area contributed by atoms with Gasteiger partial charge in [-0.15, -0.1) is 0 Å². The molecule has 1 aliphatic rings. The Labute approximate surface area is 89.9 Å². The van der Waals surface area contributed by atoms with Gasteiger partial charge in [0.25, 0.3) is 0 Å². The summed E-state index contributed by atoms with van der Waals surface area (Å²) < 4.78 is 12.8. The maximum Gasteiger partial charge on any atom is 0.306 e. The Hall–Kier alpha value is -0.900. The van der Waals surface area contributed by atoms with Crippen LogP contribution >= 0.6 is 15.9 Å². The Bertz CT molecular complexity index is 303. The van der Waals surface area contributed by atoms with Crippen molar-refractivity contribution in [2.24, 2.45) is 5.92 Å². The summed E-state index contributed by atoms with van der Waals surface area (Å²) in [5.74, 6) is -0.826. The van der Waals surface area contributed by atoms with Crippen LogP contribution in [0.2, 0.25) is 0 Å². The van der Waals surface area contributed by atoms with Gasteiger partial charge in [-0.05, 0) is 40.9 Å². The summed E-state index contributed by atoms with van der Waals surface area (Å²) in [7, 11) is 0. The SMILES string of the molecule is Fc1ccccc1Br.O=C(O)C1CC1. The summed E-state index contributed by atoms with van der Waals surface area (Å²) in [6, 6.07) is 6.49. The monoisotopic (exact) mass is 260 g/mol. The molecule has 1 saturated carbocycles. The van der Waals surface area contributed by atoms with Crippen molar-refractivity contribution in [3.63, 3.8) is 0 Å². The molecule has 1 fully saturated rings. The first-order chi connectivity index (χ1) is 6.61. The summed E-state index contributed by atoms with van der Waals surface area (Å²) in [6.07, 6.45) is 1.80. The van der Waals surface area contributed by atoms with Gasteiger partial charge >= 0.3 is 5.97 Å². The number of hydrogen-bond acceptors (Lipinski definition) is 1. The first-order valence-corrected chi connectivity index (χ1v) is 5.03. The molecule has 0 heterocycles. The third-order valence-electron chi connectivity index (χ3n) is 1.75. The second-order valence-electron chi connectivity index (χ2n) is 3.03. The van der Waals surface area contributed by atoms with Crippen LogP contribution in [0.4, 0.5) is 4.39 Å². The number of carbonyl (C=O) groups is 1. The molecule has 0 atom stereocenters. The van der Waals surface area contributed by atoms with E-state index in [0.29, 0.717) is 4.47 Å². The molecule has 0 radical (unpaired) electrons. The third-order valence-corrected chi connectivity index (χ3v) is 2.39.